The van der Waals surface area contributed by atoms with Gasteiger partial charge < -0.3 is 14.6 Å². The van der Waals surface area contributed by atoms with Gasteiger partial charge in [-0.25, -0.2) is 0 Å². The van der Waals surface area contributed by atoms with E-state index in [2.05, 4.69) is 16.9 Å². The molecule has 0 saturated carbocycles. The Balaban J connectivity index is 1.70. The van der Waals surface area contributed by atoms with Gasteiger partial charge in [-0.2, -0.15) is 0 Å². The summed E-state index contributed by atoms with van der Waals surface area (Å²) in [5.41, 5.74) is 2.03. The molecule has 138 valence electrons. The molecule has 1 amide bonds. The molecule has 0 atom stereocenters. The zero-order valence-electron chi connectivity index (χ0n) is 15.4. The molecule has 0 radical (unpaired) electrons. The average molecular weight is 355 g/mol. The first-order valence-electron chi connectivity index (χ1n) is 9.20. The minimum atomic E-state index is -0.236. The molecule has 3 heterocycles. The van der Waals surface area contributed by atoms with E-state index < -0.39 is 0 Å². The summed E-state index contributed by atoms with van der Waals surface area (Å²) in [7, 11) is 2.14. The van der Waals surface area contributed by atoms with Gasteiger partial charge in [0.1, 0.15) is 0 Å². The lowest BCUT2D eigenvalue weighted by Gasteiger charge is -2.51. The molecular formula is C20H25N3O3. The molecule has 0 bridgehead atoms. The molecule has 0 unspecified atom stereocenters. The lowest BCUT2D eigenvalue weighted by atomic mass is 9.85. The number of H-pyrrole nitrogens is 1. The monoisotopic (exact) mass is 355 g/mol. The predicted molar refractivity (Wildman–Crippen MR) is 101 cm³/mol. The van der Waals surface area contributed by atoms with Crippen LogP contribution in [0.25, 0.3) is 10.9 Å². The van der Waals surface area contributed by atoms with Crippen molar-refractivity contribution in [2.24, 2.45) is 0 Å². The molecule has 4 rings (SSSR count). The Hall–Kier alpha value is -2.18. The molecule has 6 heteroatoms. The van der Waals surface area contributed by atoms with Crippen LogP contribution in [-0.2, 0) is 4.74 Å². The number of carbonyl (C=O) groups is 1. The smallest absolute Gasteiger partial charge is 0.254 e. The fourth-order valence-electron chi connectivity index (χ4n) is 4.24. The molecular weight excluding hydrogens is 330 g/mol. The van der Waals surface area contributed by atoms with Crippen LogP contribution in [-0.4, -0.2) is 66.1 Å². The number of pyridine rings is 1. The summed E-state index contributed by atoms with van der Waals surface area (Å²) >= 11 is 0. The Morgan fingerprint density at radius 1 is 1.19 bits per heavy atom. The maximum absolute atomic E-state index is 13.3. The van der Waals surface area contributed by atoms with Gasteiger partial charge in [0.25, 0.3) is 5.91 Å². The van der Waals surface area contributed by atoms with E-state index >= 15 is 0 Å². The quantitative estimate of drug-likeness (QED) is 0.847. The number of amides is 1. The zero-order chi connectivity index (χ0) is 18.3. The topological polar surface area (TPSA) is 65.6 Å². The summed E-state index contributed by atoms with van der Waals surface area (Å²) in [6.45, 7) is 5.67. The number of piperazine rings is 1. The van der Waals surface area contributed by atoms with Crippen LogP contribution in [0.1, 0.15) is 28.8 Å². The van der Waals surface area contributed by atoms with Crippen molar-refractivity contribution < 1.29 is 9.53 Å². The summed E-state index contributed by atoms with van der Waals surface area (Å²) in [6.07, 6.45) is 1.87. The molecule has 1 N–H and O–H groups in total. The molecule has 2 saturated heterocycles. The van der Waals surface area contributed by atoms with Gasteiger partial charge in [-0.3, -0.25) is 14.5 Å². The van der Waals surface area contributed by atoms with Gasteiger partial charge in [0.2, 0.25) is 5.56 Å². The molecule has 2 aliphatic heterocycles. The van der Waals surface area contributed by atoms with Gasteiger partial charge >= 0.3 is 0 Å². The van der Waals surface area contributed by atoms with Crippen molar-refractivity contribution in [1.29, 1.82) is 0 Å². The largest absolute Gasteiger partial charge is 0.381 e. The summed E-state index contributed by atoms with van der Waals surface area (Å²) in [6, 6.07) is 7.23. The van der Waals surface area contributed by atoms with Gasteiger partial charge in [-0.05, 0) is 38.9 Å². The summed E-state index contributed by atoms with van der Waals surface area (Å²) in [4.78, 5) is 32.5. The van der Waals surface area contributed by atoms with Crippen LogP contribution >= 0.6 is 0 Å². The number of benzene rings is 1. The molecule has 2 aromatic rings. The molecule has 2 fully saturated rings. The number of fused-ring (bicyclic) bond motifs is 1. The highest BCUT2D eigenvalue weighted by Gasteiger charge is 2.42. The number of carbonyl (C=O) groups excluding carboxylic acids is 1. The van der Waals surface area contributed by atoms with Gasteiger partial charge in [0.05, 0.1) is 5.56 Å². The highest BCUT2D eigenvalue weighted by atomic mass is 16.5. The standard InChI is InChI=1S/C20H25N3O3/c1-14-3-4-17-15(11-14)16(12-18(24)21-17)19(25)23-8-7-22(2)20(13-23)5-9-26-10-6-20/h3-4,11-12H,5-10,13H2,1-2H3,(H,21,24). The lowest BCUT2D eigenvalue weighted by Crippen LogP contribution is -2.63. The molecule has 1 spiro atoms. The van der Waals surface area contributed by atoms with Crippen molar-refractivity contribution in [1.82, 2.24) is 14.8 Å². The molecule has 6 nitrogen and oxygen atoms in total. The Morgan fingerprint density at radius 3 is 2.73 bits per heavy atom. The fourth-order valence-corrected chi connectivity index (χ4v) is 4.24. The van der Waals surface area contributed by atoms with Gasteiger partial charge in [-0.15, -0.1) is 0 Å². The van der Waals surface area contributed by atoms with E-state index in [0.717, 1.165) is 43.5 Å². The van der Waals surface area contributed by atoms with Crippen molar-refractivity contribution in [2.45, 2.75) is 25.3 Å². The lowest BCUT2D eigenvalue weighted by molar-refractivity contribution is -0.0543. The second-order valence-electron chi connectivity index (χ2n) is 7.58. The van der Waals surface area contributed by atoms with E-state index in [0.29, 0.717) is 24.2 Å². The minimum Gasteiger partial charge on any atom is -0.381 e. The third-order valence-corrected chi connectivity index (χ3v) is 5.94. The van der Waals surface area contributed by atoms with E-state index in [-0.39, 0.29) is 17.0 Å². The average Bonchev–Trinajstić information content (AvgIpc) is 2.64. The van der Waals surface area contributed by atoms with Crippen LogP contribution in [0, 0.1) is 6.92 Å². The predicted octanol–water partition coefficient (Wildman–Crippen LogP) is 1.77. The highest BCUT2D eigenvalue weighted by Crippen LogP contribution is 2.31. The third-order valence-electron chi connectivity index (χ3n) is 5.94. The van der Waals surface area contributed by atoms with E-state index in [1.54, 1.807) is 0 Å². The van der Waals surface area contributed by atoms with Crippen molar-refractivity contribution in [3.8, 4) is 0 Å². The van der Waals surface area contributed by atoms with Crippen LogP contribution in [0.4, 0.5) is 0 Å². The van der Waals surface area contributed by atoms with Crippen molar-refractivity contribution in [2.75, 3.05) is 39.9 Å². The number of hydrogen-bond donors (Lipinski definition) is 1. The number of aromatic nitrogens is 1. The zero-order valence-corrected chi connectivity index (χ0v) is 15.4. The number of aromatic amines is 1. The molecule has 1 aromatic heterocycles. The SMILES string of the molecule is Cc1ccc2[nH]c(=O)cc(C(=O)N3CCN(C)C4(CCOCC4)C3)c2c1. The highest BCUT2D eigenvalue weighted by molar-refractivity contribution is 6.06. The Bertz CT molecular complexity index is 899. The first-order chi connectivity index (χ1) is 12.5. The van der Waals surface area contributed by atoms with E-state index in [1.807, 2.05) is 30.0 Å². The first kappa shape index (κ1) is 17.2. The summed E-state index contributed by atoms with van der Waals surface area (Å²) in [5, 5.41) is 0.814. The maximum Gasteiger partial charge on any atom is 0.254 e. The van der Waals surface area contributed by atoms with Gasteiger partial charge in [0, 0.05) is 55.4 Å². The Kier molecular flexibility index (Phi) is 4.32. The van der Waals surface area contributed by atoms with Crippen LogP contribution in [0.3, 0.4) is 0 Å². The second kappa shape index (κ2) is 6.52. The molecule has 1 aromatic carbocycles. The number of nitrogens with one attached hydrogen (secondary N) is 1. The van der Waals surface area contributed by atoms with Crippen LogP contribution in [0.5, 0.6) is 0 Å². The fraction of sp³-hybridized carbons (Fsp3) is 0.500. The summed E-state index contributed by atoms with van der Waals surface area (Å²) < 4.78 is 5.54. The third kappa shape index (κ3) is 2.93. The Morgan fingerprint density at radius 2 is 1.96 bits per heavy atom. The van der Waals surface area contributed by atoms with Crippen molar-refractivity contribution >= 4 is 16.8 Å². The normalized spacial score (nSPS) is 20.6. The maximum atomic E-state index is 13.3. The van der Waals surface area contributed by atoms with Crippen LogP contribution in [0.15, 0.2) is 29.1 Å². The van der Waals surface area contributed by atoms with Crippen molar-refractivity contribution in [3.63, 3.8) is 0 Å². The summed E-state index contributed by atoms with van der Waals surface area (Å²) in [5.74, 6) is -0.0503. The van der Waals surface area contributed by atoms with Gasteiger partial charge in [0.15, 0.2) is 0 Å². The number of nitrogens with zero attached hydrogens (tertiary/aromatic N) is 2. The number of rotatable bonds is 1. The number of likely N-dealkylation sites (N-methyl/N-ethyl adjacent to an activating group) is 1. The van der Waals surface area contributed by atoms with Gasteiger partial charge in [-0.1, -0.05) is 11.6 Å². The molecule has 0 aliphatic carbocycles. The van der Waals surface area contributed by atoms with Crippen molar-refractivity contribution in [3.05, 3.63) is 45.7 Å². The van der Waals surface area contributed by atoms with E-state index in [4.69, 9.17) is 4.74 Å². The Labute approximate surface area is 152 Å². The number of ether oxygens (including phenoxy) is 1. The second-order valence-corrected chi connectivity index (χ2v) is 7.58. The molecule has 2 aliphatic rings. The van der Waals surface area contributed by atoms with E-state index in [1.165, 1.54) is 6.07 Å². The van der Waals surface area contributed by atoms with E-state index in [9.17, 15) is 9.59 Å². The number of hydrogen-bond acceptors (Lipinski definition) is 4. The minimum absolute atomic E-state index is 0.0148. The number of aryl methyl sites for hydroxylation is 1. The van der Waals surface area contributed by atoms with Crippen LogP contribution < -0.4 is 5.56 Å². The molecule has 26 heavy (non-hydrogen) atoms. The first-order valence-corrected chi connectivity index (χ1v) is 9.20. The van der Waals surface area contributed by atoms with Crippen LogP contribution in [0.2, 0.25) is 0 Å².